The molecule has 0 bridgehead atoms. The van der Waals surface area contributed by atoms with Crippen molar-refractivity contribution in [2.45, 2.75) is 17.0 Å². The summed E-state index contributed by atoms with van der Waals surface area (Å²) in [6.45, 7) is 0. The summed E-state index contributed by atoms with van der Waals surface area (Å²) in [5.41, 5.74) is -0.369. The van der Waals surface area contributed by atoms with Crippen LogP contribution in [-0.4, -0.2) is 4.98 Å². The van der Waals surface area contributed by atoms with Crippen LogP contribution in [0.5, 0.6) is 0 Å². The van der Waals surface area contributed by atoms with Gasteiger partial charge in [0.25, 0.3) is 0 Å². The lowest BCUT2D eigenvalue weighted by Crippen LogP contribution is -2.08. The lowest BCUT2D eigenvalue weighted by atomic mass is 10.1. The molecule has 2 aromatic rings. The van der Waals surface area contributed by atoms with Gasteiger partial charge < -0.3 is 0 Å². The van der Waals surface area contributed by atoms with Gasteiger partial charge in [-0.2, -0.15) is 13.2 Å². The molecule has 6 heteroatoms. The molecule has 1 heterocycles. The third-order valence-corrected chi connectivity index (χ3v) is 3.60. The van der Waals surface area contributed by atoms with Gasteiger partial charge in [-0.15, -0.1) is 11.8 Å². The zero-order valence-electron chi connectivity index (χ0n) is 9.62. The Labute approximate surface area is 117 Å². The van der Waals surface area contributed by atoms with Gasteiger partial charge in [0.05, 0.1) is 10.6 Å². The summed E-state index contributed by atoms with van der Waals surface area (Å²) in [4.78, 5) is 4.04. The maximum atomic E-state index is 12.8. The Balaban J connectivity index is 2.16. The Morgan fingerprint density at radius 2 is 1.89 bits per heavy atom. The van der Waals surface area contributed by atoms with Gasteiger partial charge in [0.2, 0.25) is 0 Å². The minimum absolute atomic E-state index is 0.197. The van der Waals surface area contributed by atoms with E-state index in [2.05, 4.69) is 4.98 Å². The van der Waals surface area contributed by atoms with Gasteiger partial charge >= 0.3 is 6.18 Å². The van der Waals surface area contributed by atoms with E-state index in [4.69, 9.17) is 11.6 Å². The quantitative estimate of drug-likeness (QED) is 0.736. The highest BCUT2D eigenvalue weighted by atomic mass is 35.5. The predicted molar refractivity (Wildman–Crippen MR) is 70.3 cm³/mol. The fourth-order valence-corrected chi connectivity index (χ4v) is 2.66. The van der Waals surface area contributed by atoms with Crippen LogP contribution in [0.2, 0.25) is 5.02 Å². The summed E-state index contributed by atoms with van der Waals surface area (Å²) in [6.07, 6.45) is -2.81. The van der Waals surface area contributed by atoms with E-state index in [0.717, 1.165) is 6.07 Å². The second kappa shape index (κ2) is 5.84. The number of thioether (sulfide) groups is 1. The van der Waals surface area contributed by atoms with Crippen molar-refractivity contribution >= 4 is 23.4 Å². The van der Waals surface area contributed by atoms with Crippen molar-refractivity contribution in [3.63, 3.8) is 0 Å². The highest BCUT2D eigenvalue weighted by Gasteiger charge is 2.32. The number of hydrogen-bond donors (Lipinski definition) is 0. The maximum absolute atomic E-state index is 12.8. The fourth-order valence-electron chi connectivity index (χ4n) is 1.54. The SMILES string of the molecule is FC(F)(F)c1ccccc1CSc1cc(Cl)ccn1. The Hall–Kier alpha value is -1.20. The van der Waals surface area contributed by atoms with E-state index in [1.54, 1.807) is 18.2 Å². The number of aromatic nitrogens is 1. The molecule has 0 fully saturated rings. The molecule has 0 saturated carbocycles. The molecule has 0 N–H and O–H groups in total. The lowest BCUT2D eigenvalue weighted by Gasteiger charge is -2.12. The summed E-state index contributed by atoms with van der Waals surface area (Å²) in [6, 6.07) is 8.78. The van der Waals surface area contributed by atoms with Crippen molar-refractivity contribution < 1.29 is 13.2 Å². The normalized spacial score (nSPS) is 11.6. The van der Waals surface area contributed by atoms with Crippen LogP contribution in [0.4, 0.5) is 13.2 Å². The molecule has 0 unspecified atom stereocenters. The second-order valence-electron chi connectivity index (χ2n) is 3.76. The molecule has 0 atom stereocenters. The largest absolute Gasteiger partial charge is 0.416 e. The summed E-state index contributed by atoms with van der Waals surface area (Å²) < 4.78 is 38.4. The molecule has 1 aromatic carbocycles. The molecule has 1 aromatic heterocycles. The van der Waals surface area contributed by atoms with Crippen LogP contribution in [0, 0.1) is 0 Å². The third-order valence-electron chi connectivity index (χ3n) is 2.40. The van der Waals surface area contributed by atoms with Gasteiger partial charge in [0.15, 0.2) is 0 Å². The first kappa shape index (κ1) is 14.2. The minimum atomic E-state index is -4.33. The van der Waals surface area contributed by atoms with Crippen LogP contribution >= 0.6 is 23.4 Å². The van der Waals surface area contributed by atoms with E-state index in [9.17, 15) is 13.2 Å². The summed E-state index contributed by atoms with van der Waals surface area (Å²) in [5.74, 6) is 0.197. The van der Waals surface area contributed by atoms with E-state index in [1.807, 2.05) is 0 Å². The maximum Gasteiger partial charge on any atom is 0.416 e. The van der Waals surface area contributed by atoms with Crippen LogP contribution in [0.25, 0.3) is 0 Å². The van der Waals surface area contributed by atoms with Crippen LogP contribution in [0.3, 0.4) is 0 Å². The standard InChI is InChI=1S/C13H9ClF3NS/c14-10-5-6-18-12(7-10)19-8-9-3-1-2-4-11(9)13(15,16)17/h1-7H,8H2. The molecule has 19 heavy (non-hydrogen) atoms. The smallest absolute Gasteiger partial charge is 0.250 e. The summed E-state index contributed by atoms with van der Waals surface area (Å²) in [7, 11) is 0. The fraction of sp³-hybridized carbons (Fsp3) is 0.154. The van der Waals surface area contributed by atoms with Crippen molar-refractivity contribution in [3.05, 3.63) is 58.7 Å². The third kappa shape index (κ3) is 3.88. The molecule has 0 aliphatic carbocycles. The number of alkyl halides is 3. The molecule has 2 rings (SSSR count). The number of rotatable bonds is 3. The van der Waals surface area contributed by atoms with E-state index in [0.29, 0.717) is 10.0 Å². The molecular weight excluding hydrogens is 295 g/mol. The van der Waals surface area contributed by atoms with E-state index in [-0.39, 0.29) is 11.3 Å². The van der Waals surface area contributed by atoms with Crippen molar-refractivity contribution in [1.29, 1.82) is 0 Å². The average molecular weight is 304 g/mol. The first-order valence-electron chi connectivity index (χ1n) is 5.36. The molecule has 0 aliphatic heterocycles. The monoisotopic (exact) mass is 303 g/mol. The van der Waals surface area contributed by atoms with Gasteiger partial charge in [-0.3, -0.25) is 0 Å². The van der Waals surface area contributed by atoms with Crippen LogP contribution in [0.1, 0.15) is 11.1 Å². The average Bonchev–Trinajstić information content (AvgIpc) is 2.36. The van der Waals surface area contributed by atoms with Gasteiger partial charge in [-0.25, -0.2) is 4.98 Å². The first-order valence-corrected chi connectivity index (χ1v) is 6.72. The predicted octanol–water partition coefficient (Wildman–Crippen LogP) is 5.05. The number of nitrogens with zero attached hydrogens (tertiary/aromatic N) is 1. The number of hydrogen-bond acceptors (Lipinski definition) is 2. The highest BCUT2D eigenvalue weighted by Crippen LogP contribution is 2.34. The van der Waals surface area contributed by atoms with Crippen LogP contribution in [0.15, 0.2) is 47.6 Å². The molecule has 0 saturated heterocycles. The Kier molecular flexibility index (Phi) is 4.37. The van der Waals surface area contributed by atoms with Crippen molar-refractivity contribution in [3.8, 4) is 0 Å². The molecule has 0 radical (unpaired) electrons. The van der Waals surface area contributed by atoms with E-state index < -0.39 is 11.7 Å². The molecule has 0 spiro atoms. The Morgan fingerprint density at radius 3 is 2.58 bits per heavy atom. The zero-order chi connectivity index (χ0) is 13.9. The van der Waals surface area contributed by atoms with Crippen molar-refractivity contribution in [2.75, 3.05) is 0 Å². The van der Waals surface area contributed by atoms with Crippen LogP contribution in [-0.2, 0) is 11.9 Å². The summed E-state index contributed by atoms with van der Waals surface area (Å²) >= 11 is 7.02. The molecule has 100 valence electrons. The van der Waals surface area contributed by atoms with E-state index >= 15 is 0 Å². The van der Waals surface area contributed by atoms with Gasteiger partial charge in [0.1, 0.15) is 0 Å². The topological polar surface area (TPSA) is 12.9 Å². The molecule has 1 nitrogen and oxygen atoms in total. The summed E-state index contributed by atoms with van der Waals surface area (Å²) in [5, 5.41) is 1.12. The van der Waals surface area contributed by atoms with Crippen molar-refractivity contribution in [2.24, 2.45) is 0 Å². The van der Waals surface area contributed by atoms with Crippen molar-refractivity contribution in [1.82, 2.24) is 4.98 Å². The number of benzene rings is 1. The Bertz CT molecular complexity index is 572. The minimum Gasteiger partial charge on any atom is -0.250 e. The van der Waals surface area contributed by atoms with E-state index in [1.165, 1.54) is 30.1 Å². The first-order chi connectivity index (χ1) is 8.97. The lowest BCUT2D eigenvalue weighted by molar-refractivity contribution is -0.138. The zero-order valence-corrected chi connectivity index (χ0v) is 11.2. The Morgan fingerprint density at radius 1 is 1.16 bits per heavy atom. The van der Waals surface area contributed by atoms with Gasteiger partial charge in [-0.1, -0.05) is 29.8 Å². The number of pyridine rings is 1. The molecular formula is C13H9ClF3NS. The van der Waals surface area contributed by atoms with Gasteiger partial charge in [-0.05, 0) is 23.8 Å². The molecule has 0 amide bonds. The number of halogens is 4. The highest BCUT2D eigenvalue weighted by molar-refractivity contribution is 7.98. The van der Waals surface area contributed by atoms with Gasteiger partial charge in [0, 0.05) is 17.0 Å². The second-order valence-corrected chi connectivity index (χ2v) is 5.19. The van der Waals surface area contributed by atoms with Crippen LogP contribution < -0.4 is 0 Å². The molecule has 0 aliphatic rings.